The van der Waals surface area contributed by atoms with Gasteiger partial charge in [0.15, 0.2) is 0 Å². The molecule has 84 valence electrons. The first kappa shape index (κ1) is 12.1. The molecule has 1 amide bonds. The van der Waals surface area contributed by atoms with Gasteiger partial charge in [-0.15, -0.1) is 0 Å². The van der Waals surface area contributed by atoms with Gasteiger partial charge in [0.1, 0.15) is 5.75 Å². The second-order valence-electron chi connectivity index (χ2n) is 3.63. The fourth-order valence-corrected chi connectivity index (χ4v) is 1.41. The predicted molar refractivity (Wildman–Crippen MR) is 60.0 cm³/mol. The zero-order valence-electron chi connectivity index (χ0n) is 9.40. The number of amides is 1. The first-order chi connectivity index (χ1) is 7.56. The van der Waals surface area contributed by atoms with Gasteiger partial charge < -0.3 is 10.0 Å². The number of carbonyl (C=O) groups excluding carboxylic acids is 1. The summed E-state index contributed by atoms with van der Waals surface area (Å²) in [5, 5.41) is 17.7. The maximum absolute atomic E-state index is 11.9. The van der Waals surface area contributed by atoms with Crippen LogP contribution >= 0.6 is 0 Å². The average molecular weight is 218 g/mol. The molecule has 1 N–H and O–H groups in total. The zero-order valence-corrected chi connectivity index (χ0v) is 9.40. The van der Waals surface area contributed by atoms with Gasteiger partial charge in [0.25, 0.3) is 5.91 Å². The van der Waals surface area contributed by atoms with E-state index in [0.29, 0.717) is 18.5 Å². The molecule has 0 atom stereocenters. The van der Waals surface area contributed by atoms with Crippen LogP contribution in [0.5, 0.6) is 5.75 Å². The summed E-state index contributed by atoms with van der Waals surface area (Å²) in [4.78, 5) is 13.4. The lowest BCUT2D eigenvalue weighted by Gasteiger charge is -2.16. The van der Waals surface area contributed by atoms with Gasteiger partial charge in [-0.3, -0.25) is 4.79 Å². The average Bonchev–Trinajstić information content (AvgIpc) is 2.25. The second-order valence-corrected chi connectivity index (χ2v) is 3.63. The fraction of sp³-hybridized carbons (Fsp3) is 0.333. The number of hydrogen-bond acceptors (Lipinski definition) is 3. The third-order valence-electron chi connectivity index (χ3n) is 2.35. The largest absolute Gasteiger partial charge is 0.508 e. The van der Waals surface area contributed by atoms with E-state index in [1.165, 1.54) is 11.0 Å². The van der Waals surface area contributed by atoms with Gasteiger partial charge in [0, 0.05) is 19.2 Å². The highest BCUT2D eigenvalue weighted by Gasteiger charge is 2.13. The maximum atomic E-state index is 11.9. The molecule has 4 nitrogen and oxygen atoms in total. The molecule has 0 heterocycles. The Morgan fingerprint density at radius 1 is 1.56 bits per heavy atom. The van der Waals surface area contributed by atoms with E-state index in [-0.39, 0.29) is 11.7 Å². The van der Waals surface area contributed by atoms with Crippen molar-refractivity contribution in [2.75, 3.05) is 13.6 Å². The van der Waals surface area contributed by atoms with Crippen LogP contribution in [0.1, 0.15) is 22.3 Å². The van der Waals surface area contributed by atoms with Crippen LogP contribution in [-0.2, 0) is 0 Å². The molecule has 0 spiro atoms. The topological polar surface area (TPSA) is 64.3 Å². The van der Waals surface area contributed by atoms with Crippen LogP contribution in [-0.4, -0.2) is 29.5 Å². The number of nitrogens with zero attached hydrogens (tertiary/aromatic N) is 2. The van der Waals surface area contributed by atoms with Crippen molar-refractivity contribution in [3.63, 3.8) is 0 Å². The Morgan fingerprint density at radius 3 is 2.81 bits per heavy atom. The van der Waals surface area contributed by atoms with E-state index in [9.17, 15) is 9.90 Å². The Balaban J connectivity index is 2.84. The molecule has 0 aromatic heterocycles. The van der Waals surface area contributed by atoms with Crippen LogP contribution < -0.4 is 0 Å². The zero-order chi connectivity index (χ0) is 12.1. The van der Waals surface area contributed by atoms with Crippen molar-refractivity contribution >= 4 is 5.91 Å². The van der Waals surface area contributed by atoms with Gasteiger partial charge in [0.05, 0.1) is 12.5 Å². The van der Waals surface area contributed by atoms with Crippen molar-refractivity contribution in [2.45, 2.75) is 13.3 Å². The first-order valence-corrected chi connectivity index (χ1v) is 4.98. The number of rotatable bonds is 3. The summed E-state index contributed by atoms with van der Waals surface area (Å²) in [6.45, 7) is 2.18. The minimum Gasteiger partial charge on any atom is -0.508 e. The third kappa shape index (κ3) is 2.74. The number of aromatic hydroxyl groups is 1. The van der Waals surface area contributed by atoms with Crippen molar-refractivity contribution in [3.05, 3.63) is 29.3 Å². The number of aryl methyl sites for hydroxylation is 1. The summed E-state index contributed by atoms with van der Waals surface area (Å²) in [6.07, 6.45) is 0.319. The number of phenolic OH excluding ortho intramolecular Hbond substituents is 1. The Kier molecular flexibility index (Phi) is 3.90. The van der Waals surface area contributed by atoms with Crippen LogP contribution in [0.4, 0.5) is 0 Å². The molecule has 1 aromatic rings. The highest BCUT2D eigenvalue weighted by atomic mass is 16.3. The number of benzene rings is 1. The van der Waals surface area contributed by atoms with Crippen LogP contribution in [0.15, 0.2) is 18.2 Å². The first-order valence-electron chi connectivity index (χ1n) is 4.98. The van der Waals surface area contributed by atoms with Crippen molar-refractivity contribution in [3.8, 4) is 11.8 Å². The van der Waals surface area contributed by atoms with Gasteiger partial charge in [0.2, 0.25) is 0 Å². The van der Waals surface area contributed by atoms with Crippen molar-refractivity contribution in [2.24, 2.45) is 0 Å². The van der Waals surface area contributed by atoms with E-state index in [0.717, 1.165) is 5.56 Å². The molecule has 0 aliphatic rings. The number of hydrogen-bond donors (Lipinski definition) is 1. The van der Waals surface area contributed by atoms with Gasteiger partial charge in [-0.05, 0) is 30.7 Å². The van der Waals surface area contributed by atoms with E-state index in [4.69, 9.17) is 5.26 Å². The lowest BCUT2D eigenvalue weighted by atomic mass is 10.1. The molecule has 0 bridgehead atoms. The summed E-state index contributed by atoms with van der Waals surface area (Å²) in [5.41, 5.74) is 1.28. The number of nitriles is 1. The molecular weight excluding hydrogens is 204 g/mol. The summed E-state index contributed by atoms with van der Waals surface area (Å²) in [6, 6.07) is 6.62. The fourth-order valence-electron chi connectivity index (χ4n) is 1.41. The summed E-state index contributed by atoms with van der Waals surface area (Å²) < 4.78 is 0. The van der Waals surface area contributed by atoms with E-state index < -0.39 is 0 Å². The monoisotopic (exact) mass is 218 g/mol. The van der Waals surface area contributed by atoms with Crippen molar-refractivity contribution < 1.29 is 9.90 Å². The van der Waals surface area contributed by atoms with Gasteiger partial charge >= 0.3 is 0 Å². The van der Waals surface area contributed by atoms with Crippen molar-refractivity contribution in [1.82, 2.24) is 4.90 Å². The normalized spacial score (nSPS) is 9.56. The van der Waals surface area contributed by atoms with Crippen LogP contribution in [0.2, 0.25) is 0 Å². The van der Waals surface area contributed by atoms with Gasteiger partial charge in [-0.25, -0.2) is 0 Å². The number of phenols is 1. The van der Waals surface area contributed by atoms with Gasteiger partial charge in [-0.1, -0.05) is 0 Å². The standard InChI is InChI=1S/C12H14N2O2/c1-9-8-10(15)4-5-11(9)12(16)14(2)7-3-6-13/h4-5,8,15H,3,7H2,1-2H3. The minimum atomic E-state index is -0.132. The lowest BCUT2D eigenvalue weighted by molar-refractivity contribution is 0.0797. The van der Waals surface area contributed by atoms with Crippen LogP contribution in [0.25, 0.3) is 0 Å². The molecule has 0 aliphatic carbocycles. The molecule has 0 radical (unpaired) electrons. The summed E-state index contributed by atoms with van der Waals surface area (Å²) in [5.74, 6) is 0.0153. The molecule has 16 heavy (non-hydrogen) atoms. The van der Waals surface area contributed by atoms with E-state index in [1.54, 1.807) is 26.1 Å². The third-order valence-corrected chi connectivity index (χ3v) is 2.35. The molecule has 0 saturated heterocycles. The molecule has 0 saturated carbocycles. The van der Waals surface area contributed by atoms with E-state index in [2.05, 4.69) is 0 Å². The Hall–Kier alpha value is -2.02. The maximum Gasteiger partial charge on any atom is 0.253 e. The quantitative estimate of drug-likeness (QED) is 0.839. The molecule has 0 fully saturated rings. The molecule has 1 aromatic carbocycles. The second kappa shape index (κ2) is 5.17. The lowest BCUT2D eigenvalue weighted by Crippen LogP contribution is -2.28. The highest BCUT2D eigenvalue weighted by molar-refractivity contribution is 5.95. The summed E-state index contributed by atoms with van der Waals surface area (Å²) >= 11 is 0. The summed E-state index contributed by atoms with van der Waals surface area (Å²) in [7, 11) is 1.66. The molecule has 4 heteroatoms. The Labute approximate surface area is 94.7 Å². The van der Waals surface area contributed by atoms with E-state index >= 15 is 0 Å². The smallest absolute Gasteiger partial charge is 0.253 e. The minimum absolute atomic E-state index is 0.132. The molecule has 0 unspecified atom stereocenters. The molecule has 1 rings (SSSR count). The van der Waals surface area contributed by atoms with E-state index in [1.807, 2.05) is 6.07 Å². The van der Waals surface area contributed by atoms with Crippen LogP contribution in [0, 0.1) is 18.3 Å². The number of carbonyl (C=O) groups is 1. The predicted octanol–water partition coefficient (Wildman–Crippen LogP) is 1.69. The Bertz CT molecular complexity index is 435. The van der Waals surface area contributed by atoms with Crippen LogP contribution in [0.3, 0.4) is 0 Å². The SMILES string of the molecule is Cc1cc(O)ccc1C(=O)N(C)CCC#N. The Morgan fingerprint density at radius 2 is 2.25 bits per heavy atom. The highest BCUT2D eigenvalue weighted by Crippen LogP contribution is 2.16. The van der Waals surface area contributed by atoms with Gasteiger partial charge in [-0.2, -0.15) is 5.26 Å². The molecular formula is C12H14N2O2. The molecule has 0 aliphatic heterocycles. The van der Waals surface area contributed by atoms with Crippen molar-refractivity contribution in [1.29, 1.82) is 5.26 Å².